The Morgan fingerprint density at radius 1 is 0.828 bits per heavy atom. The van der Waals surface area contributed by atoms with Crippen LogP contribution in [0.4, 0.5) is 0 Å². The maximum Gasteiger partial charge on any atom is 0.338 e. The number of hydrogen-bond donors (Lipinski definition) is 0. The summed E-state index contributed by atoms with van der Waals surface area (Å²) >= 11 is 0. The Balaban J connectivity index is 2.22. The topological polar surface area (TPSA) is 80.3 Å². The lowest BCUT2D eigenvalue weighted by Gasteiger charge is -2.16. The van der Waals surface area contributed by atoms with Crippen molar-refractivity contribution in [3.63, 3.8) is 0 Å². The van der Waals surface area contributed by atoms with Gasteiger partial charge in [-0.3, -0.25) is 4.79 Å². The Bertz CT molecular complexity index is 818. The van der Waals surface area contributed by atoms with E-state index in [2.05, 4.69) is 0 Å². The highest BCUT2D eigenvalue weighted by atomic mass is 16.5. The SMILES string of the molecule is CCOc1cc(C(=O)OCC(=O)c2ccccc2OC)cc(OCC)c1OCC. The molecule has 0 fully saturated rings. The Morgan fingerprint density at radius 3 is 1.97 bits per heavy atom. The highest BCUT2D eigenvalue weighted by Crippen LogP contribution is 2.39. The van der Waals surface area contributed by atoms with Gasteiger partial charge < -0.3 is 23.7 Å². The van der Waals surface area contributed by atoms with Crippen LogP contribution in [0.3, 0.4) is 0 Å². The van der Waals surface area contributed by atoms with Crippen LogP contribution in [-0.4, -0.2) is 45.3 Å². The molecule has 0 saturated heterocycles. The third-order valence-corrected chi connectivity index (χ3v) is 3.89. The summed E-state index contributed by atoms with van der Waals surface area (Å²) in [5, 5.41) is 0. The van der Waals surface area contributed by atoms with Gasteiger partial charge in [0.05, 0.1) is 38.1 Å². The summed E-state index contributed by atoms with van der Waals surface area (Å²) in [7, 11) is 1.47. The van der Waals surface area contributed by atoms with Crippen LogP contribution < -0.4 is 18.9 Å². The Hall–Kier alpha value is -3.22. The number of Topliss-reactive ketones (excluding diaryl/α,β-unsaturated/α-hetero) is 1. The number of ether oxygens (including phenoxy) is 5. The van der Waals surface area contributed by atoms with Crippen LogP contribution in [-0.2, 0) is 4.74 Å². The first-order chi connectivity index (χ1) is 14.0. The minimum atomic E-state index is -0.668. The fraction of sp³-hybridized carbons (Fsp3) is 0.364. The lowest BCUT2D eigenvalue weighted by molar-refractivity contribution is 0.0473. The fourth-order valence-electron chi connectivity index (χ4n) is 2.67. The van der Waals surface area contributed by atoms with Gasteiger partial charge in [0, 0.05) is 0 Å². The molecule has 0 saturated carbocycles. The van der Waals surface area contributed by atoms with Crippen molar-refractivity contribution in [3.05, 3.63) is 47.5 Å². The summed E-state index contributed by atoms with van der Waals surface area (Å²) in [5.74, 6) is 0.575. The summed E-state index contributed by atoms with van der Waals surface area (Å²) in [4.78, 5) is 25.0. The van der Waals surface area contributed by atoms with Gasteiger partial charge in [0.25, 0.3) is 0 Å². The fourth-order valence-corrected chi connectivity index (χ4v) is 2.67. The lowest BCUT2D eigenvalue weighted by Crippen LogP contribution is -2.15. The number of benzene rings is 2. The molecule has 0 radical (unpaired) electrons. The van der Waals surface area contributed by atoms with Crippen molar-refractivity contribution in [1.29, 1.82) is 0 Å². The second-order valence-corrected chi connectivity index (χ2v) is 5.80. The van der Waals surface area contributed by atoms with Gasteiger partial charge in [0.1, 0.15) is 5.75 Å². The molecular weight excluding hydrogens is 376 g/mol. The van der Waals surface area contributed by atoms with Crippen molar-refractivity contribution in [2.24, 2.45) is 0 Å². The average Bonchev–Trinajstić information content (AvgIpc) is 2.74. The minimum absolute atomic E-state index is 0.202. The molecule has 29 heavy (non-hydrogen) atoms. The zero-order chi connectivity index (χ0) is 21.2. The van der Waals surface area contributed by atoms with Gasteiger partial charge in [-0.15, -0.1) is 0 Å². The van der Waals surface area contributed by atoms with Crippen LogP contribution in [0.25, 0.3) is 0 Å². The molecule has 0 aliphatic rings. The second-order valence-electron chi connectivity index (χ2n) is 5.80. The number of rotatable bonds is 11. The summed E-state index contributed by atoms with van der Waals surface area (Å²) in [6.07, 6.45) is 0. The van der Waals surface area contributed by atoms with Crippen LogP contribution in [0.5, 0.6) is 23.0 Å². The molecule has 0 aliphatic carbocycles. The molecular formula is C22H26O7. The van der Waals surface area contributed by atoms with E-state index in [-0.39, 0.29) is 11.3 Å². The third-order valence-electron chi connectivity index (χ3n) is 3.89. The van der Waals surface area contributed by atoms with Crippen LogP contribution in [0.1, 0.15) is 41.5 Å². The minimum Gasteiger partial charge on any atom is -0.496 e. The molecule has 2 aromatic carbocycles. The smallest absolute Gasteiger partial charge is 0.338 e. The second kappa shape index (κ2) is 10.9. The van der Waals surface area contributed by atoms with Crippen molar-refractivity contribution in [3.8, 4) is 23.0 Å². The first-order valence-electron chi connectivity index (χ1n) is 9.45. The summed E-state index contributed by atoms with van der Waals surface area (Å²) in [5.41, 5.74) is 0.549. The zero-order valence-electron chi connectivity index (χ0n) is 17.2. The Morgan fingerprint density at radius 2 is 1.41 bits per heavy atom. The number of ketones is 1. The van der Waals surface area contributed by atoms with Gasteiger partial charge in [-0.1, -0.05) is 12.1 Å². The highest BCUT2D eigenvalue weighted by molar-refractivity contribution is 6.01. The van der Waals surface area contributed by atoms with Gasteiger partial charge in [0.2, 0.25) is 11.5 Å². The van der Waals surface area contributed by atoms with E-state index in [1.54, 1.807) is 24.3 Å². The first-order valence-corrected chi connectivity index (χ1v) is 9.45. The predicted molar refractivity (Wildman–Crippen MR) is 108 cm³/mol. The quantitative estimate of drug-likeness (QED) is 0.416. The molecule has 7 heteroatoms. The number of para-hydroxylation sites is 1. The number of esters is 1. The van der Waals surface area contributed by atoms with E-state index < -0.39 is 12.6 Å². The zero-order valence-corrected chi connectivity index (χ0v) is 17.2. The maximum atomic E-state index is 12.6. The average molecular weight is 402 g/mol. The predicted octanol–water partition coefficient (Wildman–Crippen LogP) is 3.93. The van der Waals surface area contributed by atoms with E-state index in [1.807, 2.05) is 20.8 Å². The number of methoxy groups -OCH3 is 1. The molecule has 0 aromatic heterocycles. The van der Waals surface area contributed by atoms with Crippen molar-refractivity contribution in [1.82, 2.24) is 0 Å². The molecule has 0 heterocycles. The standard InChI is InChI=1S/C22H26O7/c1-5-26-19-12-15(13-20(27-6-2)21(19)28-7-3)22(24)29-14-17(23)16-10-8-9-11-18(16)25-4/h8-13H,5-7,14H2,1-4H3. The molecule has 2 rings (SSSR count). The summed E-state index contributed by atoms with van der Waals surface area (Å²) in [6.45, 7) is 6.27. The molecule has 7 nitrogen and oxygen atoms in total. The van der Waals surface area contributed by atoms with Crippen LogP contribution in [0.2, 0.25) is 0 Å². The van der Waals surface area contributed by atoms with Gasteiger partial charge >= 0.3 is 5.97 Å². The number of carbonyl (C=O) groups is 2. The van der Waals surface area contributed by atoms with Gasteiger partial charge in [-0.25, -0.2) is 4.79 Å². The molecule has 0 spiro atoms. The summed E-state index contributed by atoms with van der Waals surface area (Å²) in [6, 6.07) is 9.80. The monoisotopic (exact) mass is 402 g/mol. The van der Waals surface area contributed by atoms with Gasteiger partial charge in [0.15, 0.2) is 18.1 Å². The van der Waals surface area contributed by atoms with E-state index >= 15 is 0 Å². The van der Waals surface area contributed by atoms with Gasteiger partial charge in [-0.05, 0) is 45.0 Å². The Labute approximate surface area is 170 Å². The lowest BCUT2D eigenvalue weighted by atomic mass is 10.1. The third kappa shape index (κ3) is 5.63. The number of carbonyl (C=O) groups excluding carboxylic acids is 2. The van der Waals surface area contributed by atoms with E-state index in [0.29, 0.717) is 48.4 Å². The Kier molecular flexibility index (Phi) is 8.33. The molecule has 2 aromatic rings. The molecule has 0 amide bonds. The van der Waals surface area contributed by atoms with Crippen molar-refractivity contribution >= 4 is 11.8 Å². The van der Waals surface area contributed by atoms with E-state index in [1.165, 1.54) is 19.2 Å². The van der Waals surface area contributed by atoms with Crippen molar-refractivity contribution in [2.45, 2.75) is 20.8 Å². The van der Waals surface area contributed by atoms with E-state index in [0.717, 1.165) is 0 Å². The highest BCUT2D eigenvalue weighted by Gasteiger charge is 2.20. The molecule has 0 N–H and O–H groups in total. The van der Waals surface area contributed by atoms with Gasteiger partial charge in [-0.2, -0.15) is 0 Å². The maximum absolute atomic E-state index is 12.6. The van der Waals surface area contributed by atoms with Crippen LogP contribution in [0.15, 0.2) is 36.4 Å². The molecule has 0 unspecified atom stereocenters. The largest absolute Gasteiger partial charge is 0.496 e. The van der Waals surface area contributed by atoms with Crippen molar-refractivity contribution < 1.29 is 33.3 Å². The first kappa shape index (κ1) is 22.1. The molecule has 0 bridgehead atoms. The molecule has 0 aliphatic heterocycles. The summed E-state index contributed by atoms with van der Waals surface area (Å²) < 4.78 is 27.2. The van der Waals surface area contributed by atoms with Crippen LogP contribution >= 0.6 is 0 Å². The normalized spacial score (nSPS) is 10.2. The van der Waals surface area contributed by atoms with E-state index in [4.69, 9.17) is 23.7 Å². The van der Waals surface area contributed by atoms with Crippen LogP contribution in [0, 0.1) is 0 Å². The van der Waals surface area contributed by atoms with E-state index in [9.17, 15) is 9.59 Å². The van der Waals surface area contributed by atoms with Crippen molar-refractivity contribution in [2.75, 3.05) is 33.5 Å². The number of hydrogen-bond acceptors (Lipinski definition) is 7. The molecule has 0 atom stereocenters. The molecule has 156 valence electrons.